The molecule has 0 radical (unpaired) electrons. The summed E-state index contributed by atoms with van der Waals surface area (Å²) in [6.45, 7) is 4.18. The van der Waals surface area contributed by atoms with Gasteiger partial charge in [-0.1, -0.05) is 23.7 Å². The van der Waals surface area contributed by atoms with Crippen molar-refractivity contribution in [1.29, 1.82) is 0 Å². The van der Waals surface area contributed by atoms with Crippen molar-refractivity contribution in [2.24, 2.45) is 0 Å². The molecule has 0 aliphatic rings. The summed E-state index contributed by atoms with van der Waals surface area (Å²) in [6.07, 6.45) is 2.77. The molecular formula is C15H17ClN2. The molecule has 2 aromatic rings. The van der Waals surface area contributed by atoms with Crippen molar-refractivity contribution >= 4 is 17.3 Å². The van der Waals surface area contributed by atoms with Crippen molar-refractivity contribution in [3.8, 4) is 0 Å². The lowest BCUT2D eigenvalue weighted by molar-refractivity contribution is 0.787. The van der Waals surface area contributed by atoms with E-state index in [1.54, 1.807) is 0 Å². The average Bonchev–Trinajstić information content (AvgIpc) is 2.35. The SMILES string of the molecule is Cc1ncccc1NC(C)Cc1ccc(Cl)cc1. The van der Waals surface area contributed by atoms with E-state index in [0.717, 1.165) is 22.8 Å². The van der Waals surface area contributed by atoms with Crippen LogP contribution in [0.15, 0.2) is 42.6 Å². The number of hydrogen-bond donors (Lipinski definition) is 1. The number of aromatic nitrogens is 1. The second-order valence-electron chi connectivity index (χ2n) is 4.51. The van der Waals surface area contributed by atoms with Gasteiger partial charge in [0.15, 0.2) is 0 Å². The second kappa shape index (κ2) is 5.87. The zero-order valence-electron chi connectivity index (χ0n) is 10.7. The van der Waals surface area contributed by atoms with Gasteiger partial charge >= 0.3 is 0 Å². The molecule has 0 bridgehead atoms. The van der Waals surface area contributed by atoms with Crippen LogP contribution in [0.1, 0.15) is 18.2 Å². The summed E-state index contributed by atoms with van der Waals surface area (Å²) in [6, 6.07) is 12.4. The number of aryl methyl sites for hydroxylation is 1. The Morgan fingerprint density at radius 2 is 1.94 bits per heavy atom. The van der Waals surface area contributed by atoms with Crippen molar-refractivity contribution < 1.29 is 0 Å². The van der Waals surface area contributed by atoms with Crippen LogP contribution in [0.2, 0.25) is 5.02 Å². The van der Waals surface area contributed by atoms with Crippen molar-refractivity contribution in [3.63, 3.8) is 0 Å². The first kappa shape index (κ1) is 12.9. The van der Waals surface area contributed by atoms with Gasteiger partial charge in [0.25, 0.3) is 0 Å². The molecule has 1 heterocycles. The summed E-state index contributed by atoms with van der Waals surface area (Å²) in [4.78, 5) is 4.27. The molecule has 0 saturated carbocycles. The summed E-state index contributed by atoms with van der Waals surface area (Å²) in [5, 5.41) is 4.26. The van der Waals surface area contributed by atoms with Crippen molar-refractivity contribution in [1.82, 2.24) is 4.98 Å². The van der Waals surface area contributed by atoms with E-state index < -0.39 is 0 Å². The highest BCUT2D eigenvalue weighted by atomic mass is 35.5. The standard InChI is InChI=1S/C15H17ClN2/c1-11(10-13-5-7-14(16)8-6-13)18-15-4-3-9-17-12(15)2/h3-9,11,18H,10H2,1-2H3. The molecule has 0 aliphatic carbocycles. The number of pyridine rings is 1. The highest BCUT2D eigenvalue weighted by Crippen LogP contribution is 2.15. The van der Waals surface area contributed by atoms with Crippen LogP contribution >= 0.6 is 11.6 Å². The first-order valence-electron chi connectivity index (χ1n) is 6.08. The maximum absolute atomic E-state index is 5.87. The van der Waals surface area contributed by atoms with Gasteiger partial charge in [0.05, 0.1) is 11.4 Å². The third-order valence-electron chi connectivity index (χ3n) is 2.86. The van der Waals surface area contributed by atoms with Gasteiger partial charge < -0.3 is 5.32 Å². The Morgan fingerprint density at radius 3 is 2.61 bits per heavy atom. The van der Waals surface area contributed by atoms with Gasteiger partial charge in [0, 0.05) is 17.3 Å². The number of nitrogens with one attached hydrogen (secondary N) is 1. The molecule has 1 N–H and O–H groups in total. The van der Waals surface area contributed by atoms with Crippen molar-refractivity contribution in [2.75, 3.05) is 5.32 Å². The second-order valence-corrected chi connectivity index (χ2v) is 4.95. The molecule has 3 heteroatoms. The zero-order valence-corrected chi connectivity index (χ0v) is 11.4. The van der Waals surface area contributed by atoms with Crippen molar-refractivity contribution in [2.45, 2.75) is 26.3 Å². The van der Waals surface area contributed by atoms with Gasteiger partial charge in [-0.05, 0) is 50.1 Å². The van der Waals surface area contributed by atoms with E-state index in [2.05, 4.69) is 35.4 Å². The first-order chi connectivity index (χ1) is 8.65. The molecule has 0 amide bonds. The molecular weight excluding hydrogens is 244 g/mol. The number of nitrogens with zero attached hydrogens (tertiary/aromatic N) is 1. The summed E-state index contributed by atoms with van der Waals surface area (Å²) < 4.78 is 0. The minimum atomic E-state index is 0.356. The quantitative estimate of drug-likeness (QED) is 0.896. The van der Waals surface area contributed by atoms with E-state index in [9.17, 15) is 0 Å². The van der Waals surface area contributed by atoms with Gasteiger partial charge in [-0.15, -0.1) is 0 Å². The van der Waals surface area contributed by atoms with Crippen LogP contribution in [0.25, 0.3) is 0 Å². The van der Waals surface area contributed by atoms with Crippen LogP contribution in [0.3, 0.4) is 0 Å². The van der Waals surface area contributed by atoms with Crippen LogP contribution in [-0.2, 0) is 6.42 Å². The topological polar surface area (TPSA) is 24.9 Å². The lowest BCUT2D eigenvalue weighted by Crippen LogP contribution is -2.18. The Kier molecular flexibility index (Phi) is 4.21. The average molecular weight is 261 g/mol. The maximum atomic E-state index is 5.87. The van der Waals surface area contributed by atoms with Crippen LogP contribution < -0.4 is 5.32 Å². The van der Waals surface area contributed by atoms with E-state index in [1.165, 1.54) is 5.56 Å². The number of halogens is 1. The molecule has 0 spiro atoms. The predicted octanol–water partition coefficient (Wildman–Crippen LogP) is 4.09. The van der Waals surface area contributed by atoms with Crippen LogP contribution in [0.5, 0.6) is 0 Å². The first-order valence-corrected chi connectivity index (χ1v) is 6.45. The van der Waals surface area contributed by atoms with Gasteiger partial charge in [-0.3, -0.25) is 4.98 Å². The van der Waals surface area contributed by atoms with Gasteiger partial charge in [-0.25, -0.2) is 0 Å². The fraction of sp³-hybridized carbons (Fsp3) is 0.267. The Bertz CT molecular complexity index is 508. The lowest BCUT2D eigenvalue weighted by atomic mass is 10.1. The summed E-state index contributed by atoms with van der Waals surface area (Å²) in [5.74, 6) is 0. The van der Waals surface area contributed by atoms with Gasteiger partial charge in [0.2, 0.25) is 0 Å². The normalized spacial score (nSPS) is 12.2. The molecule has 2 nitrogen and oxygen atoms in total. The van der Waals surface area contributed by atoms with Gasteiger partial charge in [-0.2, -0.15) is 0 Å². The Morgan fingerprint density at radius 1 is 1.22 bits per heavy atom. The van der Waals surface area contributed by atoms with E-state index in [4.69, 9.17) is 11.6 Å². The van der Waals surface area contributed by atoms with E-state index in [0.29, 0.717) is 6.04 Å². The third kappa shape index (κ3) is 3.47. The minimum Gasteiger partial charge on any atom is -0.381 e. The molecule has 18 heavy (non-hydrogen) atoms. The lowest BCUT2D eigenvalue weighted by Gasteiger charge is -2.16. The van der Waals surface area contributed by atoms with Crippen LogP contribution in [0.4, 0.5) is 5.69 Å². The highest BCUT2D eigenvalue weighted by molar-refractivity contribution is 6.30. The van der Waals surface area contributed by atoms with E-state index in [-0.39, 0.29) is 0 Å². The number of hydrogen-bond acceptors (Lipinski definition) is 2. The Balaban J connectivity index is 1.99. The fourth-order valence-electron chi connectivity index (χ4n) is 1.93. The van der Waals surface area contributed by atoms with Gasteiger partial charge in [0.1, 0.15) is 0 Å². The van der Waals surface area contributed by atoms with Crippen molar-refractivity contribution in [3.05, 3.63) is 58.9 Å². The predicted molar refractivity (Wildman–Crippen MR) is 77.2 cm³/mol. The molecule has 1 atom stereocenters. The molecule has 0 aliphatic heterocycles. The Labute approximate surface area is 113 Å². The number of benzene rings is 1. The molecule has 94 valence electrons. The Hall–Kier alpha value is -1.54. The largest absolute Gasteiger partial charge is 0.381 e. The third-order valence-corrected chi connectivity index (χ3v) is 3.12. The van der Waals surface area contributed by atoms with Crippen LogP contribution in [0, 0.1) is 6.92 Å². The molecule has 1 unspecified atom stereocenters. The maximum Gasteiger partial charge on any atom is 0.0603 e. The van der Waals surface area contributed by atoms with E-state index >= 15 is 0 Å². The number of anilines is 1. The minimum absolute atomic E-state index is 0.356. The summed E-state index contributed by atoms with van der Waals surface area (Å²) >= 11 is 5.87. The molecule has 1 aromatic heterocycles. The molecule has 2 rings (SSSR count). The highest BCUT2D eigenvalue weighted by Gasteiger charge is 2.05. The summed E-state index contributed by atoms with van der Waals surface area (Å²) in [5.41, 5.74) is 3.40. The summed E-state index contributed by atoms with van der Waals surface area (Å²) in [7, 11) is 0. The number of rotatable bonds is 4. The zero-order chi connectivity index (χ0) is 13.0. The smallest absolute Gasteiger partial charge is 0.0603 e. The molecule has 1 aromatic carbocycles. The van der Waals surface area contributed by atoms with Crippen LogP contribution in [-0.4, -0.2) is 11.0 Å². The fourth-order valence-corrected chi connectivity index (χ4v) is 2.05. The monoisotopic (exact) mass is 260 g/mol. The van der Waals surface area contributed by atoms with E-state index in [1.807, 2.05) is 31.3 Å². The molecule has 0 saturated heterocycles. The molecule has 0 fully saturated rings.